The SMILES string of the molecule is CCCCC(CC=CCCCCCCCC(C)=O)OC(C)=O. The fourth-order valence-electron chi connectivity index (χ4n) is 2.42. The van der Waals surface area contributed by atoms with E-state index in [2.05, 4.69) is 19.1 Å². The molecule has 22 heavy (non-hydrogen) atoms. The Kier molecular flexibility index (Phi) is 14.0. The number of allylic oxidation sites excluding steroid dienone is 1. The van der Waals surface area contributed by atoms with E-state index in [9.17, 15) is 9.59 Å². The summed E-state index contributed by atoms with van der Waals surface area (Å²) in [5.41, 5.74) is 0. The van der Waals surface area contributed by atoms with E-state index in [0.717, 1.165) is 51.4 Å². The van der Waals surface area contributed by atoms with Crippen molar-refractivity contribution in [3.63, 3.8) is 0 Å². The zero-order valence-electron chi connectivity index (χ0n) is 14.7. The molecule has 0 N–H and O–H groups in total. The highest BCUT2D eigenvalue weighted by Crippen LogP contribution is 2.12. The predicted molar refractivity (Wildman–Crippen MR) is 91.8 cm³/mol. The molecule has 1 atom stereocenters. The topological polar surface area (TPSA) is 43.4 Å². The Morgan fingerprint density at radius 1 is 0.955 bits per heavy atom. The Bertz CT molecular complexity index is 321. The number of ether oxygens (including phenoxy) is 1. The van der Waals surface area contributed by atoms with Crippen LogP contribution in [-0.4, -0.2) is 17.9 Å². The normalized spacial score (nSPS) is 12.5. The zero-order valence-corrected chi connectivity index (χ0v) is 14.7. The van der Waals surface area contributed by atoms with Gasteiger partial charge in [-0.1, -0.05) is 51.2 Å². The van der Waals surface area contributed by atoms with Gasteiger partial charge in [-0.05, 0) is 32.6 Å². The Morgan fingerprint density at radius 3 is 2.27 bits per heavy atom. The molecule has 3 nitrogen and oxygen atoms in total. The minimum Gasteiger partial charge on any atom is -0.462 e. The molecule has 1 unspecified atom stereocenters. The molecule has 0 bridgehead atoms. The summed E-state index contributed by atoms with van der Waals surface area (Å²) in [4.78, 5) is 21.9. The van der Waals surface area contributed by atoms with Crippen LogP contribution in [0.1, 0.15) is 91.4 Å². The number of esters is 1. The van der Waals surface area contributed by atoms with Crippen molar-refractivity contribution in [1.82, 2.24) is 0 Å². The summed E-state index contributed by atoms with van der Waals surface area (Å²) in [7, 11) is 0. The van der Waals surface area contributed by atoms with Gasteiger partial charge in [-0.25, -0.2) is 0 Å². The van der Waals surface area contributed by atoms with Crippen molar-refractivity contribution in [1.29, 1.82) is 0 Å². The van der Waals surface area contributed by atoms with Gasteiger partial charge < -0.3 is 9.53 Å². The van der Waals surface area contributed by atoms with E-state index >= 15 is 0 Å². The van der Waals surface area contributed by atoms with E-state index in [4.69, 9.17) is 4.74 Å². The molecule has 0 saturated carbocycles. The van der Waals surface area contributed by atoms with Crippen molar-refractivity contribution in [2.24, 2.45) is 0 Å². The van der Waals surface area contributed by atoms with Gasteiger partial charge in [0.15, 0.2) is 0 Å². The lowest BCUT2D eigenvalue weighted by atomic mass is 10.1. The summed E-state index contributed by atoms with van der Waals surface area (Å²) in [6, 6.07) is 0. The molecule has 0 heterocycles. The lowest BCUT2D eigenvalue weighted by molar-refractivity contribution is -0.146. The molecule has 0 aromatic carbocycles. The van der Waals surface area contributed by atoms with Crippen LogP contribution >= 0.6 is 0 Å². The molecule has 0 spiro atoms. The molecule has 3 heteroatoms. The summed E-state index contributed by atoms with van der Waals surface area (Å²) in [6.45, 7) is 5.29. The van der Waals surface area contributed by atoms with E-state index in [1.165, 1.54) is 26.2 Å². The lowest BCUT2D eigenvalue weighted by Gasteiger charge is -2.14. The predicted octanol–water partition coefficient (Wildman–Crippen LogP) is 5.37. The third kappa shape index (κ3) is 15.3. The second kappa shape index (κ2) is 14.8. The first-order valence-corrected chi connectivity index (χ1v) is 8.88. The number of rotatable bonds is 14. The minimum absolute atomic E-state index is 0.0419. The van der Waals surface area contributed by atoms with Gasteiger partial charge in [0.2, 0.25) is 0 Å². The molecule has 0 aliphatic carbocycles. The molecule has 0 saturated heterocycles. The smallest absolute Gasteiger partial charge is 0.302 e. The zero-order chi connectivity index (χ0) is 16.6. The Labute approximate surface area is 136 Å². The largest absolute Gasteiger partial charge is 0.462 e. The molecule has 128 valence electrons. The second-order valence-electron chi connectivity index (χ2n) is 6.09. The number of hydrogen-bond acceptors (Lipinski definition) is 3. The third-order valence-corrected chi connectivity index (χ3v) is 3.68. The number of ketones is 1. The first kappa shape index (κ1) is 20.9. The van der Waals surface area contributed by atoms with Gasteiger partial charge in [-0.3, -0.25) is 4.79 Å². The molecule has 0 radical (unpaired) electrons. The Balaban J connectivity index is 3.60. The van der Waals surface area contributed by atoms with Crippen molar-refractivity contribution >= 4 is 11.8 Å². The monoisotopic (exact) mass is 310 g/mol. The van der Waals surface area contributed by atoms with E-state index in [1.54, 1.807) is 6.92 Å². The van der Waals surface area contributed by atoms with Crippen LogP contribution in [0.2, 0.25) is 0 Å². The van der Waals surface area contributed by atoms with Crippen LogP contribution in [0, 0.1) is 0 Å². The molecule has 0 aromatic rings. The third-order valence-electron chi connectivity index (χ3n) is 3.68. The van der Waals surface area contributed by atoms with Gasteiger partial charge in [0.05, 0.1) is 0 Å². The van der Waals surface area contributed by atoms with E-state index < -0.39 is 0 Å². The Hall–Kier alpha value is -1.12. The van der Waals surface area contributed by atoms with Crippen LogP contribution in [0.4, 0.5) is 0 Å². The molecule has 0 aliphatic rings. The highest BCUT2D eigenvalue weighted by molar-refractivity contribution is 5.75. The van der Waals surface area contributed by atoms with Crippen LogP contribution in [0.25, 0.3) is 0 Å². The highest BCUT2D eigenvalue weighted by atomic mass is 16.5. The lowest BCUT2D eigenvalue weighted by Crippen LogP contribution is -2.15. The van der Waals surface area contributed by atoms with Gasteiger partial charge in [0.25, 0.3) is 0 Å². The van der Waals surface area contributed by atoms with Gasteiger partial charge in [-0.15, -0.1) is 0 Å². The van der Waals surface area contributed by atoms with Gasteiger partial charge in [0.1, 0.15) is 11.9 Å². The van der Waals surface area contributed by atoms with Crippen molar-refractivity contribution in [2.75, 3.05) is 0 Å². The van der Waals surface area contributed by atoms with Crippen molar-refractivity contribution in [3.8, 4) is 0 Å². The first-order valence-electron chi connectivity index (χ1n) is 8.88. The number of carbonyl (C=O) groups excluding carboxylic acids is 2. The van der Waals surface area contributed by atoms with Gasteiger partial charge in [0, 0.05) is 19.8 Å². The quantitative estimate of drug-likeness (QED) is 0.246. The average molecular weight is 310 g/mol. The fraction of sp³-hybridized carbons (Fsp3) is 0.789. The molecule has 0 aromatic heterocycles. The van der Waals surface area contributed by atoms with Crippen molar-refractivity contribution in [2.45, 2.75) is 97.5 Å². The first-order chi connectivity index (χ1) is 10.6. The molecule has 0 aliphatic heterocycles. The fourth-order valence-corrected chi connectivity index (χ4v) is 2.42. The molecular formula is C19H34O3. The molecule has 0 rings (SSSR count). The standard InChI is InChI=1S/C19H34O3/c1-4-5-15-19(22-18(3)21)16-13-11-9-7-6-8-10-12-14-17(2)20/h11,13,19H,4-10,12,14-16H2,1-3H3. The van der Waals surface area contributed by atoms with Crippen LogP contribution in [0.5, 0.6) is 0 Å². The Morgan fingerprint density at radius 2 is 1.64 bits per heavy atom. The molecule has 0 fully saturated rings. The summed E-state index contributed by atoms with van der Waals surface area (Å²) in [6.07, 6.45) is 16.1. The molecule has 0 amide bonds. The van der Waals surface area contributed by atoms with Crippen molar-refractivity contribution < 1.29 is 14.3 Å². The maximum absolute atomic E-state index is 11.1. The highest BCUT2D eigenvalue weighted by Gasteiger charge is 2.09. The summed E-state index contributed by atoms with van der Waals surface area (Å²) in [5.74, 6) is 0.119. The number of unbranched alkanes of at least 4 members (excludes halogenated alkanes) is 6. The van der Waals surface area contributed by atoms with Crippen LogP contribution in [0.15, 0.2) is 12.2 Å². The number of Topliss-reactive ketones (excluding diaryl/α,β-unsaturated/α-hetero) is 1. The van der Waals surface area contributed by atoms with Crippen LogP contribution < -0.4 is 0 Å². The maximum Gasteiger partial charge on any atom is 0.302 e. The van der Waals surface area contributed by atoms with Gasteiger partial charge >= 0.3 is 5.97 Å². The van der Waals surface area contributed by atoms with Crippen LogP contribution in [-0.2, 0) is 14.3 Å². The van der Waals surface area contributed by atoms with E-state index in [-0.39, 0.29) is 12.1 Å². The second-order valence-corrected chi connectivity index (χ2v) is 6.09. The summed E-state index contributed by atoms with van der Waals surface area (Å²) < 4.78 is 5.33. The minimum atomic E-state index is -0.180. The van der Waals surface area contributed by atoms with E-state index in [0.29, 0.717) is 5.78 Å². The van der Waals surface area contributed by atoms with Crippen molar-refractivity contribution in [3.05, 3.63) is 12.2 Å². The number of hydrogen-bond donors (Lipinski definition) is 0. The van der Waals surface area contributed by atoms with Gasteiger partial charge in [-0.2, -0.15) is 0 Å². The average Bonchev–Trinajstić information content (AvgIpc) is 2.45. The molecular weight excluding hydrogens is 276 g/mol. The summed E-state index contributed by atoms with van der Waals surface area (Å²) >= 11 is 0. The van der Waals surface area contributed by atoms with Crippen LogP contribution in [0.3, 0.4) is 0 Å². The summed E-state index contributed by atoms with van der Waals surface area (Å²) in [5, 5.41) is 0. The number of carbonyl (C=O) groups is 2. The van der Waals surface area contributed by atoms with E-state index in [1.807, 2.05) is 0 Å². The maximum atomic E-state index is 11.1.